The standard InChI is InChI=1S/C24H34O3/c1-4-26-20-7-5-6-16-8-9-17-18-11-14-24(15-12-21(25)27-24)22(18,2)13-10-19(17)23(16,20)3/h7-8,17-19H,4-6,9-15H2,1-3H3. The minimum atomic E-state index is -0.171. The van der Waals surface area contributed by atoms with E-state index >= 15 is 0 Å². The summed E-state index contributed by atoms with van der Waals surface area (Å²) in [5.41, 5.74) is 1.70. The van der Waals surface area contributed by atoms with E-state index in [2.05, 4.69) is 32.9 Å². The fourth-order valence-corrected chi connectivity index (χ4v) is 7.99. The molecule has 5 rings (SSSR count). The molecule has 0 aromatic heterocycles. The third kappa shape index (κ3) is 2.17. The van der Waals surface area contributed by atoms with Crippen molar-refractivity contribution in [2.45, 2.75) is 84.2 Å². The average molecular weight is 371 g/mol. The zero-order chi connectivity index (χ0) is 18.9. The predicted molar refractivity (Wildman–Crippen MR) is 105 cm³/mol. The van der Waals surface area contributed by atoms with Gasteiger partial charge in [0.05, 0.1) is 6.61 Å². The molecule has 1 heterocycles. The van der Waals surface area contributed by atoms with Crippen LogP contribution in [0.3, 0.4) is 0 Å². The van der Waals surface area contributed by atoms with E-state index in [1.54, 1.807) is 5.57 Å². The molecule has 6 unspecified atom stereocenters. The van der Waals surface area contributed by atoms with Crippen molar-refractivity contribution in [3.63, 3.8) is 0 Å². The molecule has 3 fully saturated rings. The molecular formula is C24H34O3. The van der Waals surface area contributed by atoms with Crippen LogP contribution in [-0.4, -0.2) is 18.2 Å². The Kier molecular flexibility index (Phi) is 3.88. The largest absolute Gasteiger partial charge is 0.498 e. The monoisotopic (exact) mass is 370 g/mol. The van der Waals surface area contributed by atoms with Crippen molar-refractivity contribution in [1.29, 1.82) is 0 Å². The van der Waals surface area contributed by atoms with Crippen molar-refractivity contribution in [1.82, 2.24) is 0 Å². The maximum absolute atomic E-state index is 12.0. The van der Waals surface area contributed by atoms with Crippen LogP contribution in [0, 0.1) is 28.6 Å². The third-order valence-corrected chi connectivity index (χ3v) is 9.37. The van der Waals surface area contributed by atoms with Gasteiger partial charge in [0.2, 0.25) is 0 Å². The lowest BCUT2D eigenvalue weighted by Gasteiger charge is -2.58. The molecule has 6 atom stereocenters. The van der Waals surface area contributed by atoms with Crippen LogP contribution < -0.4 is 0 Å². The maximum Gasteiger partial charge on any atom is 0.306 e. The summed E-state index contributed by atoms with van der Waals surface area (Å²) in [6.45, 7) is 7.77. The average Bonchev–Trinajstić information content (AvgIpc) is 3.17. The lowest BCUT2D eigenvalue weighted by Crippen LogP contribution is -2.54. The Bertz CT molecular complexity index is 721. The van der Waals surface area contributed by atoms with Crippen LogP contribution in [0.15, 0.2) is 23.5 Å². The summed E-state index contributed by atoms with van der Waals surface area (Å²) in [5.74, 6) is 3.30. The Morgan fingerprint density at radius 2 is 1.93 bits per heavy atom. The molecule has 5 aliphatic rings. The Morgan fingerprint density at radius 1 is 1.11 bits per heavy atom. The number of fused-ring (bicyclic) bond motifs is 6. The van der Waals surface area contributed by atoms with Crippen molar-refractivity contribution >= 4 is 5.97 Å². The summed E-state index contributed by atoms with van der Waals surface area (Å²) in [5, 5.41) is 0. The number of carbonyl (C=O) groups excluding carboxylic acids is 1. The zero-order valence-electron chi connectivity index (χ0n) is 17.2. The van der Waals surface area contributed by atoms with E-state index in [1.807, 2.05) is 0 Å². The Hall–Kier alpha value is -1.25. The number of rotatable bonds is 2. The fourth-order valence-electron chi connectivity index (χ4n) is 7.99. The quantitative estimate of drug-likeness (QED) is 0.472. The number of hydrogen-bond donors (Lipinski definition) is 0. The van der Waals surface area contributed by atoms with Crippen LogP contribution in [0.5, 0.6) is 0 Å². The van der Waals surface area contributed by atoms with Gasteiger partial charge in [-0.2, -0.15) is 0 Å². The second-order valence-corrected chi connectivity index (χ2v) is 10.0. The highest BCUT2D eigenvalue weighted by molar-refractivity contribution is 5.72. The van der Waals surface area contributed by atoms with E-state index in [-0.39, 0.29) is 22.4 Å². The van der Waals surface area contributed by atoms with Crippen molar-refractivity contribution < 1.29 is 14.3 Å². The van der Waals surface area contributed by atoms with Gasteiger partial charge >= 0.3 is 5.97 Å². The summed E-state index contributed by atoms with van der Waals surface area (Å²) in [7, 11) is 0. The van der Waals surface area contributed by atoms with Crippen molar-refractivity contribution in [2.75, 3.05) is 6.61 Å². The summed E-state index contributed by atoms with van der Waals surface area (Å²) in [6.07, 6.45) is 14.7. The first kappa shape index (κ1) is 17.8. The zero-order valence-corrected chi connectivity index (χ0v) is 17.2. The first-order valence-electron chi connectivity index (χ1n) is 11.2. The van der Waals surface area contributed by atoms with Crippen LogP contribution in [0.4, 0.5) is 0 Å². The summed E-state index contributed by atoms with van der Waals surface area (Å²) >= 11 is 0. The van der Waals surface area contributed by atoms with Gasteiger partial charge in [-0.05, 0) is 89.0 Å². The first-order valence-corrected chi connectivity index (χ1v) is 11.2. The Balaban J connectivity index is 1.51. The van der Waals surface area contributed by atoms with E-state index in [0.717, 1.165) is 25.9 Å². The molecule has 27 heavy (non-hydrogen) atoms. The van der Waals surface area contributed by atoms with Crippen molar-refractivity contribution in [2.24, 2.45) is 28.6 Å². The SMILES string of the molecule is CCOC1=CCCC2=CCC3C(CCC4(C)C3CCC43CCC(=O)O3)C21C. The van der Waals surface area contributed by atoms with E-state index in [1.165, 1.54) is 37.9 Å². The van der Waals surface area contributed by atoms with Gasteiger partial charge in [0, 0.05) is 17.3 Å². The molecule has 0 amide bonds. The van der Waals surface area contributed by atoms with E-state index in [4.69, 9.17) is 9.47 Å². The van der Waals surface area contributed by atoms with E-state index in [0.29, 0.717) is 24.2 Å². The van der Waals surface area contributed by atoms with Gasteiger partial charge in [-0.15, -0.1) is 0 Å². The molecule has 1 spiro atoms. The second-order valence-electron chi connectivity index (χ2n) is 10.0. The van der Waals surface area contributed by atoms with Gasteiger partial charge in [-0.1, -0.05) is 18.6 Å². The second kappa shape index (κ2) is 5.87. The van der Waals surface area contributed by atoms with E-state index in [9.17, 15) is 4.79 Å². The predicted octanol–water partition coefficient (Wildman–Crippen LogP) is 5.56. The molecule has 0 N–H and O–H groups in total. The maximum atomic E-state index is 12.0. The topological polar surface area (TPSA) is 35.5 Å². The number of carbonyl (C=O) groups is 1. The molecule has 3 nitrogen and oxygen atoms in total. The molecule has 3 heteroatoms. The lowest BCUT2D eigenvalue weighted by atomic mass is 9.47. The normalized spacial score (nSPS) is 48.3. The number of allylic oxidation sites excluding steroid dienone is 3. The summed E-state index contributed by atoms with van der Waals surface area (Å²) in [4.78, 5) is 12.0. The van der Waals surface area contributed by atoms with Gasteiger partial charge in [0.25, 0.3) is 0 Å². The van der Waals surface area contributed by atoms with Crippen LogP contribution in [0.2, 0.25) is 0 Å². The number of ether oxygens (including phenoxy) is 2. The van der Waals surface area contributed by atoms with Gasteiger partial charge in [-0.25, -0.2) is 0 Å². The van der Waals surface area contributed by atoms with Crippen molar-refractivity contribution in [3.8, 4) is 0 Å². The third-order valence-electron chi connectivity index (χ3n) is 9.37. The first-order chi connectivity index (χ1) is 12.9. The molecule has 2 saturated carbocycles. The summed E-state index contributed by atoms with van der Waals surface area (Å²) in [6, 6.07) is 0. The smallest absolute Gasteiger partial charge is 0.306 e. The summed E-state index contributed by atoms with van der Waals surface area (Å²) < 4.78 is 12.3. The molecule has 0 aromatic rings. The highest BCUT2D eigenvalue weighted by atomic mass is 16.6. The van der Waals surface area contributed by atoms with Crippen LogP contribution in [0.25, 0.3) is 0 Å². The lowest BCUT2D eigenvalue weighted by molar-refractivity contribution is -0.166. The minimum absolute atomic E-state index is 0.0330. The van der Waals surface area contributed by atoms with Gasteiger partial charge in [-0.3, -0.25) is 4.79 Å². The molecule has 1 aliphatic heterocycles. The van der Waals surface area contributed by atoms with Crippen molar-refractivity contribution in [3.05, 3.63) is 23.5 Å². The minimum Gasteiger partial charge on any atom is -0.498 e. The van der Waals surface area contributed by atoms with Gasteiger partial charge in [0.15, 0.2) is 0 Å². The number of esters is 1. The van der Waals surface area contributed by atoms with Gasteiger partial charge in [0.1, 0.15) is 11.4 Å². The highest BCUT2D eigenvalue weighted by Gasteiger charge is 2.67. The molecule has 148 valence electrons. The molecule has 0 aromatic carbocycles. The molecular weight excluding hydrogens is 336 g/mol. The van der Waals surface area contributed by atoms with Crippen LogP contribution in [-0.2, 0) is 14.3 Å². The highest BCUT2D eigenvalue weighted by Crippen LogP contribution is 2.69. The molecule has 0 radical (unpaired) electrons. The Morgan fingerprint density at radius 3 is 2.67 bits per heavy atom. The van der Waals surface area contributed by atoms with Crippen LogP contribution in [0.1, 0.15) is 78.6 Å². The fraction of sp³-hybridized carbons (Fsp3) is 0.792. The molecule has 4 aliphatic carbocycles. The number of hydrogen-bond acceptors (Lipinski definition) is 3. The molecule has 0 bridgehead atoms. The van der Waals surface area contributed by atoms with Gasteiger partial charge < -0.3 is 9.47 Å². The Labute approximate surface area is 163 Å². The van der Waals surface area contributed by atoms with E-state index < -0.39 is 0 Å². The molecule has 1 saturated heterocycles. The van der Waals surface area contributed by atoms with Crippen LogP contribution >= 0.6 is 0 Å².